The van der Waals surface area contributed by atoms with Crippen molar-refractivity contribution in [2.24, 2.45) is 0 Å². The number of fused-ring (bicyclic) bond motifs is 2. The zero-order valence-corrected chi connectivity index (χ0v) is 26.6. The standard InChI is InChI=1S/C16H18N4O2.C14H14N4O2.C2HF3O/c1-4-22-15(21)16(2,3)20-10-11(9-19-20)12-5-7-17-14-13(12)6-8-18-14;1-14(2,13(19)20)18-8-9(7-17-18)10-3-5-15-12-11(10)4-6-16-12;3-2(4,5)1-6/h5-10H,4H2,1-3H3,(H,17,18);3-8H,1-2H3,(H,15,16)(H,19,20);1H. The summed E-state index contributed by atoms with van der Waals surface area (Å²) in [7, 11) is 0. The molecular weight excluding hydrogens is 633 g/mol. The highest BCUT2D eigenvalue weighted by atomic mass is 19.4. The number of carboxylic acids is 1. The third kappa shape index (κ3) is 7.59. The predicted octanol–water partition coefficient (Wildman–Crippen LogP) is 5.72. The lowest BCUT2D eigenvalue weighted by Crippen LogP contribution is -2.37. The van der Waals surface area contributed by atoms with Crippen LogP contribution in [0.4, 0.5) is 13.2 Å². The molecule has 0 spiro atoms. The van der Waals surface area contributed by atoms with Crippen LogP contribution in [0.2, 0.25) is 0 Å². The third-order valence-electron chi connectivity index (χ3n) is 7.29. The maximum Gasteiger partial charge on any atom is 0.446 e. The Kier molecular flexibility index (Phi) is 10.2. The van der Waals surface area contributed by atoms with Gasteiger partial charge in [0.2, 0.25) is 6.29 Å². The summed E-state index contributed by atoms with van der Waals surface area (Å²) in [6.07, 6.45) is 8.48. The molecule has 13 nitrogen and oxygen atoms in total. The number of halogens is 3. The van der Waals surface area contributed by atoms with E-state index in [2.05, 4.69) is 30.1 Å². The van der Waals surface area contributed by atoms with Crippen molar-refractivity contribution in [3.05, 3.63) is 73.8 Å². The van der Waals surface area contributed by atoms with Gasteiger partial charge in [-0.2, -0.15) is 23.4 Å². The second-order valence-electron chi connectivity index (χ2n) is 11.3. The monoisotopic (exact) mass is 666 g/mol. The summed E-state index contributed by atoms with van der Waals surface area (Å²) in [5, 5.41) is 19.8. The molecule has 0 atom stereocenters. The Morgan fingerprint density at radius 2 is 1.27 bits per heavy atom. The van der Waals surface area contributed by atoms with Gasteiger partial charge in [0.25, 0.3) is 0 Å². The molecular formula is C32H33F3N8O5. The van der Waals surface area contributed by atoms with Crippen molar-refractivity contribution >= 4 is 40.3 Å². The van der Waals surface area contributed by atoms with Gasteiger partial charge in [0.15, 0.2) is 11.1 Å². The molecule has 252 valence electrons. The van der Waals surface area contributed by atoms with Crippen LogP contribution in [0.15, 0.2) is 73.8 Å². The van der Waals surface area contributed by atoms with E-state index in [0.29, 0.717) is 6.61 Å². The number of aldehydes is 1. The molecule has 3 N–H and O–H groups in total. The number of nitrogens with zero attached hydrogens (tertiary/aromatic N) is 6. The Bertz CT molecular complexity index is 2040. The number of rotatable bonds is 7. The minimum Gasteiger partial charge on any atom is -0.479 e. The number of alkyl halides is 3. The van der Waals surface area contributed by atoms with E-state index in [4.69, 9.17) is 9.53 Å². The number of aliphatic carboxylic acids is 1. The van der Waals surface area contributed by atoms with Crippen molar-refractivity contribution in [1.82, 2.24) is 39.5 Å². The Morgan fingerprint density at radius 3 is 1.67 bits per heavy atom. The van der Waals surface area contributed by atoms with Crippen molar-refractivity contribution < 1.29 is 37.4 Å². The summed E-state index contributed by atoms with van der Waals surface area (Å²) >= 11 is 0. The van der Waals surface area contributed by atoms with Gasteiger partial charge >= 0.3 is 18.1 Å². The summed E-state index contributed by atoms with van der Waals surface area (Å²) in [6.45, 7) is 8.96. The van der Waals surface area contributed by atoms with Crippen LogP contribution in [0.5, 0.6) is 0 Å². The van der Waals surface area contributed by atoms with Crippen LogP contribution in [-0.4, -0.2) is 75.6 Å². The van der Waals surface area contributed by atoms with Crippen LogP contribution in [0.3, 0.4) is 0 Å². The van der Waals surface area contributed by atoms with E-state index in [1.165, 1.54) is 4.68 Å². The van der Waals surface area contributed by atoms with Gasteiger partial charge < -0.3 is 19.8 Å². The van der Waals surface area contributed by atoms with Crippen molar-refractivity contribution in [3.63, 3.8) is 0 Å². The van der Waals surface area contributed by atoms with Crippen molar-refractivity contribution in [2.45, 2.75) is 51.9 Å². The van der Waals surface area contributed by atoms with Gasteiger partial charge in [0.1, 0.15) is 11.3 Å². The summed E-state index contributed by atoms with van der Waals surface area (Å²) < 4.78 is 39.5. The van der Waals surface area contributed by atoms with Gasteiger partial charge in [-0.3, -0.25) is 14.2 Å². The Hall–Kier alpha value is -5.80. The average Bonchev–Trinajstić information content (AvgIpc) is 3.87. The Balaban J connectivity index is 0.000000186. The minimum absolute atomic E-state index is 0.300. The van der Waals surface area contributed by atoms with Crippen LogP contribution in [0.25, 0.3) is 44.3 Å². The van der Waals surface area contributed by atoms with E-state index in [0.717, 1.165) is 44.3 Å². The molecule has 0 aromatic carbocycles. The number of hydrogen-bond acceptors (Lipinski definition) is 8. The van der Waals surface area contributed by atoms with Crippen molar-refractivity contribution in [1.29, 1.82) is 0 Å². The van der Waals surface area contributed by atoms with Crippen molar-refractivity contribution in [2.75, 3.05) is 6.61 Å². The number of carbonyl (C=O) groups excluding carboxylic acids is 2. The Morgan fingerprint density at radius 1 is 0.833 bits per heavy atom. The van der Waals surface area contributed by atoms with Gasteiger partial charge in [-0.05, 0) is 70.0 Å². The predicted molar refractivity (Wildman–Crippen MR) is 170 cm³/mol. The van der Waals surface area contributed by atoms with Gasteiger partial charge in [-0.1, -0.05) is 0 Å². The molecule has 0 unspecified atom stereocenters. The largest absolute Gasteiger partial charge is 0.479 e. The number of aromatic nitrogens is 8. The molecule has 0 amide bonds. The first-order chi connectivity index (χ1) is 22.6. The smallest absolute Gasteiger partial charge is 0.446 e. The number of ether oxygens (including phenoxy) is 1. The number of H-pyrrole nitrogens is 2. The minimum atomic E-state index is -4.64. The van der Waals surface area contributed by atoms with E-state index >= 15 is 0 Å². The first-order valence-electron chi connectivity index (χ1n) is 14.5. The van der Waals surface area contributed by atoms with Crippen LogP contribution in [-0.2, 0) is 30.2 Å². The fraction of sp³-hybridized carbons (Fsp3) is 0.281. The molecule has 0 aliphatic rings. The van der Waals surface area contributed by atoms with Crippen LogP contribution >= 0.6 is 0 Å². The van der Waals surface area contributed by atoms with E-state index < -0.39 is 29.5 Å². The topological polar surface area (TPSA) is 174 Å². The van der Waals surface area contributed by atoms with Gasteiger partial charge in [0, 0.05) is 59.1 Å². The summed E-state index contributed by atoms with van der Waals surface area (Å²) in [5.41, 5.74) is 3.50. The first kappa shape index (κ1) is 35.1. The number of esters is 1. The van der Waals surface area contributed by atoms with E-state index in [1.54, 1.807) is 70.3 Å². The fourth-order valence-electron chi connectivity index (χ4n) is 4.46. The SMILES string of the molecule is CC(C)(C(=O)O)n1cc(-c2ccnc3[nH]ccc23)cn1.CCOC(=O)C(C)(C)n1cc(-c2ccnc3[nH]ccc23)cn1.O=CC(F)(F)F. The molecule has 0 aliphatic carbocycles. The lowest BCUT2D eigenvalue weighted by molar-refractivity contribution is -0.156. The molecule has 0 radical (unpaired) electrons. The molecule has 6 heterocycles. The van der Waals surface area contributed by atoms with Crippen LogP contribution in [0, 0.1) is 0 Å². The number of nitrogens with one attached hydrogen (secondary N) is 2. The maximum atomic E-state index is 12.1. The second-order valence-corrected chi connectivity index (χ2v) is 11.3. The van der Waals surface area contributed by atoms with E-state index in [-0.39, 0.29) is 5.97 Å². The molecule has 6 aromatic heterocycles. The molecule has 16 heteroatoms. The zero-order valence-electron chi connectivity index (χ0n) is 26.6. The van der Waals surface area contributed by atoms with E-state index in [9.17, 15) is 27.9 Å². The molecule has 6 rings (SSSR count). The average molecular weight is 667 g/mol. The lowest BCUT2D eigenvalue weighted by atomic mass is 10.1. The number of pyridine rings is 2. The molecule has 0 aliphatic heterocycles. The zero-order chi connectivity index (χ0) is 35.3. The van der Waals surface area contributed by atoms with E-state index in [1.807, 2.05) is 42.9 Å². The summed E-state index contributed by atoms with van der Waals surface area (Å²) in [6, 6.07) is 7.75. The molecule has 0 bridgehead atoms. The number of hydrogen-bond donors (Lipinski definition) is 3. The highest BCUT2D eigenvalue weighted by Gasteiger charge is 2.33. The third-order valence-corrected chi connectivity index (χ3v) is 7.29. The number of carboxylic acid groups (broad SMARTS) is 1. The van der Waals surface area contributed by atoms with Gasteiger partial charge in [-0.15, -0.1) is 0 Å². The summed E-state index contributed by atoms with van der Waals surface area (Å²) in [5.74, 6) is -1.22. The normalized spacial score (nSPS) is 11.8. The maximum absolute atomic E-state index is 12.1. The molecule has 0 fully saturated rings. The summed E-state index contributed by atoms with van der Waals surface area (Å²) in [4.78, 5) is 46.7. The number of carbonyl (C=O) groups is 3. The lowest BCUT2D eigenvalue weighted by Gasteiger charge is -2.22. The highest BCUT2D eigenvalue weighted by molar-refractivity contribution is 5.93. The molecule has 0 saturated carbocycles. The molecule has 48 heavy (non-hydrogen) atoms. The fourth-order valence-corrected chi connectivity index (χ4v) is 4.46. The molecule has 6 aromatic rings. The van der Waals surface area contributed by atoms with Crippen LogP contribution < -0.4 is 0 Å². The number of aromatic amines is 2. The molecule has 0 saturated heterocycles. The second kappa shape index (κ2) is 13.9. The highest BCUT2D eigenvalue weighted by Crippen LogP contribution is 2.29. The first-order valence-corrected chi connectivity index (χ1v) is 14.5. The van der Waals surface area contributed by atoms with Crippen LogP contribution in [0.1, 0.15) is 34.6 Å². The Labute approximate surface area is 271 Å². The van der Waals surface area contributed by atoms with Crippen molar-refractivity contribution in [3.8, 4) is 22.3 Å². The van der Waals surface area contributed by atoms with Gasteiger partial charge in [-0.25, -0.2) is 19.6 Å². The quantitative estimate of drug-likeness (QED) is 0.142. The van der Waals surface area contributed by atoms with Gasteiger partial charge in [0.05, 0.1) is 19.0 Å².